The van der Waals surface area contributed by atoms with Crippen LogP contribution < -0.4 is 0 Å². The molecule has 0 spiro atoms. The maximum absolute atomic E-state index is 13.8. The highest BCUT2D eigenvalue weighted by molar-refractivity contribution is 7.89. The lowest BCUT2D eigenvalue weighted by molar-refractivity contribution is -0.140. The third-order valence-electron chi connectivity index (χ3n) is 5.06. The molecule has 0 N–H and O–H groups in total. The van der Waals surface area contributed by atoms with Gasteiger partial charge in [0, 0.05) is 26.2 Å². The number of nitriles is 1. The molecular formula is C17H20FN3O3S. The Morgan fingerprint density at radius 1 is 1.12 bits per heavy atom. The van der Waals surface area contributed by atoms with Crippen LogP contribution in [0.3, 0.4) is 0 Å². The van der Waals surface area contributed by atoms with Gasteiger partial charge in [-0.2, -0.15) is 9.57 Å². The van der Waals surface area contributed by atoms with Crippen molar-refractivity contribution < 1.29 is 17.6 Å². The lowest BCUT2D eigenvalue weighted by Gasteiger charge is -2.37. The summed E-state index contributed by atoms with van der Waals surface area (Å²) in [7, 11) is -3.93. The van der Waals surface area contributed by atoms with Crippen molar-refractivity contribution in [2.45, 2.75) is 30.6 Å². The number of halogens is 1. The number of hydrogen-bond acceptors (Lipinski definition) is 4. The molecule has 1 heterocycles. The molecule has 0 atom stereocenters. The van der Waals surface area contributed by atoms with Crippen molar-refractivity contribution in [2.24, 2.45) is 5.41 Å². The van der Waals surface area contributed by atoms with Gasteiger partial charge in [-0.05, 0) is 25.0 Å². The Kier molecular flexibility index (Phi) is 4.80. The van der Waals surface area contributed by atoms with Crippen LogP contribution >= 0.6 is 0 Å². The molecule has 1 amide bonds. The summed E-state index contributed by atoms with van der Waals surface area (Å²) in [5.74, 6) is -0.981. The summed E-state index contributed by atoms with van der Waals surface area (Å²) < 4.78 is 40.2. The average molecular weight is 365 g/mol. The molecule has 1 aliphatic heterocycles. The summed E-state index contributed by atoms with van der Waals surface area (Å²) in [6.07, 6.45) is 2.86. The normalized spacial score (nSPS) is 21.0. The number of piperazine rings is 1. The molecule has 1 aromatic carbocycles. The van der Waals surface area contributed by atoms with Crippen LogP contribution in [0.15, 0.2) is 29.2 Å². The largest absolute Gasteiger partial charge is 0.339 e. The lowest BCUT2D eigenvalue weighted by Crippen LogP contribution is -2.53. The molecule has 0 unspecified atom stereocenters. The monoisotopic (exact) mass is 365 g/mol. The first kappa shape index (κ1) is 17.8. The first-order chi connectivity index (χ1) is 11.9. The van der Waals surface area contributed by atoms with Crippen molar-refractivity contribution in [3.8, 4) is 6.07 Å². The summed E-state index contributed by atoms with van der Waals surface area (Å²) in [6.45, 7) is 0.639. The van der Waals surface area contributed by atoms with Gasteiger partial charge >= 0.3 is 0 Å². The fraction of sp³-hybridized carbons (Fsp3) is 0.529. The number of rotatable bonds is 3. The molecule has 0 radical (unpaired) electrons. The van der Waals surface area contributed by atoms with Crippen molar-refractivity contribution in [1.29, 1.82) is 5.26 Å². The van der Waals surface area contributed by atoms with E-state index in [1.807, 2.05) is 0 Å². The standard InChI is InChI=1S/C17H20FN3O3S/c18-14-5-1-2-6-15(14)25(23,24)21-11-9-20(10-12-21)16(22)17(13-19)7-3-4-8-17/h1-2,5-6H,3-4,7-12H2. The van der Waals surface area contributed by atoms with E-state index < -0.39 is 21.3 Å². The van der Waals surface area contributed by atoms with Gasteiger partial charge in [0.05, 0.1) is 6.07 Å². The van der Waals surface area contributed by atoms with Crippen LogP contribution in [-0.4, -0.2) is 49.7 Å². The van der Waals surface area contributed by atoms with E-state index in [-0.39, 0.29) is 37.0 Å². The summed E-state index contributed by atoms with van der Waals surface area (Å²) in [5, 5.41) is 9.43. The second-order valence-corrected chi connectivity index (χ2v) is 8.43. The predicted octanol–water partition coefficient (Wildman–Crippen LogP) is 1.74. The number of carbonyl (C=O) groups excluding carboxylic acids is 1. The van der Waals surface area contributed by atoms with Gasteiger partial charge in [-0.3, -0.25) is 4.79 Å². The zero-order valence-electron chi connectivity index (χ0n) is 13.8. The molecule has 0 aromatic heterocycles. The summed E-state index contributed by atoms with van der Waals surface area (Å²) in [6, 6.07) is 7.45. The van der Waals surface area contributed by atoms with Gasteiger partial charge < -0.3 is 4.90 Å². The topological polar surface area (TPSA) is 81.5 Å². The number of benzene rings is 1. The quantitative estimate of drug-likeness (QED) is 0.817. The van der Waals surface area contributed by atoms with E-state index in [1.54, 1.807) is 4.90 Å². The van der Waals surface area contributed by atoms with Gasteiger partial charge in [0.25, 0.3) is 0 Å². The molecule has 1 saturated heterocycles. The number of carbonyl (C=O) groups is 1. The van der Waals surface area contributed by atoms with E-state index in [1.165, 1.54) is 22.5 Å². The van der Waals surface area contributed by atoms with Gasteiger partial charge in [-0.15, -0.1) is 0 Å². The highest BCUT2D eigenvalue weighted by Crippen LogP contribution is 2.39. The van der Waals surface area contributed by atoms with Crippen LogP contribution in [0, 0.1) is 22.6 Å². The fourth-order valence-electron chi connectivity index (χ4n) is 3.58. The van der Waals surface area contributed by atoms with Gasteiger partial charge in [0.2, 0.25) is 15.9 Å². The molecule has 0 bridgehead atoms. The van der Waals surface area contributed by atoms with Crippen LogP contribution in [-0.2, 0) is 14.8 Å². The molecule has 134 valence electrons. The number of amides is 1. The maximum Gasteiger partial charge on any atom is 0.246 e. The SMILES string of the molecule is N#CC1(C(=O)N2CCN(S(=O)(=O)c3ccccc3F)CC2)CCCC1. The van der Waals surface area contributed by atoms with Crippen LogP contribution in [0.25, 0.3) is 0 Å². The van der Waals surface area contributed by atoms with Crippen LogP contribution in [0.5, 0.6) is 0 Å². The van der Waals surface area contributed by atoms with Gasteiger partial charge in [-0.1, -0.05) is 25.0 Å². The molecule has 3 rings (SSSR count). The van der Waals surface area contributed by atoms with Crippen molar-refractivity contribution in [3.05, 3.63) is 30.1 Å². The smallest absolute Gasteiger partial charge is 0.246 e. The average Bonchev–Trinajstić information content (AvgIpc) is 3.12. The fourth-order valence-corrected chi connectivity index (χ4v) is 5.07. The molecule has 1 aromatic rings. The van der Waals surface area contributed by atoms with Crippen LogP contribution in [0.1, 0.15) is 25.7 Å². The van der Waals surface area contributed by atoms with Gasteiger partial charge in [0.1, 0.15) is 16.1 Å². The van der Waals surface area contributed by atoms with Gasteiger partial charge in [0.15, 0.2) is 0 Å². The Labute approximate surface area is 146 Å². The first-order valence-corrected chi connectivity index (χ1v) is 9.80. The second-order valence-electron chi connectivity index (χ2n) is 6.53. The third kappa shape index (κ3) is 3.14. The van der Waals surface area contributed by atoms with E-state index in [4.69, 9.17) is 0 Å². The van der Waals surface area contributed by atoms with E-state index in [0.717, 1.165) is 18.9 Å². The number of nitrogens with zero attached hydrogens (tertiary/aromatic N) is 3. The Morgan fingerprint density at radius 2 is 1.72 bits per heavy atom. The molecule has 2 aliphatic rings. The highest BCUT2D eigenvalue weighted by atomic mass is 32.2. The zero-order chi connectivity index (χ0) is 18.1. The van der Waals surface area contributed by atoms with Crippen LogP contribution in [0.2, 0.25) is 0 Å². The molecule has 8 heteroatoms. The molecule has 1 aliphatic carbocycles. The molecular weight excluding hydrogens is 345 g/mol. The molecule has 2 fully saturated rings. The van der Waals surface area contributed by atoms with E-state index in [9.17, 15) is 22.9 Å². The minimum Gasteiger partial charge on any atom is -0.339 e. The Balaban J connectivity index is 1.71. The third-order valence-corrected chi connectivity index (χ3v) is 6.99. The summed E-state index contributed by atoms with van der Waals surface area (Å²) >= 11 is 0. The first-order valence-electron chi connectivity index (χ1n) is 8.36. The van der Waals surface area contributed by atoms with E-state index in [2.05, 4.69) is 6.07 Å². The van der Waals surface area contributed by atoms with Crippen molar-refractivity contribution >= 4 is 15.9 Å². The van der Waals surface area contributed by atoms with Crippen molar-refractivity contribution in [2.75, 3.05) is 26.2 Å². The predicted molar refractivity (Wildman–Crippen MR) is 88.3 cm³/mol. The van der Waals surface area contributed by atoms with Crippen LogP contribution in [0.4, 0.5) is 4.39 Å². The Bertz CT molecular complexity index is 805. The van der Waals surface area contributed by atoms with E-state index >= 15 is 0 Å². The second kappa shape index (κ2) is 6.73. The highest BCUT2D eigenvalue weighted by Gasteiger charge is 2.45. The molecule has 25 heavy (non-hydrogen) atoms. The van der Waals surface area contributed by atoms with Gasteiger partial charge in [-0.25, -0.2) is 12.8 Å². The molecule has 6 nitrogen and oxygen atoms in total. The van der Waals surface area contributed by atoms with E-state index in [0.29, 0.717) is 12.8 Å². The minimum atomic E-state index is -3.93. The summed E-state index contributed by atoms with van der Waals surface area (Å²) in [4.78, 5) is 13.9. The maximum atomic E-state index is 13.8. The van der Waals surface area contributed by atoms with Crippen molar-refractivity contribution in [3.63, 3.8) is 0 Å². The van der Waals surface area contributed by atoms with Crippen molar-refractivity contribution in [1.82, 2.24) is 9.21 Å². The number of sulfonamides is 1. The minimum absolute atomic E-state index is 0.101. The number of hydrogen-bond donors (Lipinski definition) is 0. The Hall–Kier alpha value is -1.98. The summed E-state index contributed by atoms with van der Waals surface area (Å²) in [5.41, 5.74) is -0.952. The zero-order valence-corrected chi connectivity index (χ0v) is 14.6. The molecule has 1 saturated carbocycles. The Morgan fingerprint density at radius 3 is 2.28 bits per heavy atom. The lowest BCUT2D eigenvalue weighted by atomic mass is 9.86.